The van der Waals surface area contributed by atoms with Crippen molar-refractivity contribution in [1.82, 2.24) is 9.88 Å². The van der Waals surface area contributed by atoms with Crippen LogP contribution < -0.4 is 5.32 Å². The van der Waals surface area contributed by atoms with Gasteiger partial charge in [-0.25, -0.2) is 4.98 Å². The van der Waals surface area contributed by atoms with E-state index in [9.17, 15) is 4.79 Å². The number of nitrogens with one attached hydrogen (secondary N) is 1. The van der Waals surface area contributed by atoms with Crippen LogP contribution in [0.1, 0.15) is 30.6 Å². The van der Waals surface area contributed by atoms with E-state index >= 15 is 0 Å². The van der Waals surface area contributed by atoms with Crippen LogP contribution in [0.2, 0.25) is 0 Å². The zero-order valence-corrected chi connectivity index (χ0v) is 11.6. The zero-order valence-electron chi connectivity index (χ0n) is 11.6. The van der Waals surface area contributed by atoms with Crippen molar-refractivity contribution in [3.63, 3.8) is 0 Å². The molecule has 0 aliphatic carbocycles. The Labute approximate surface area is 114 Å². The van der Waals surface area contributed by atoms with E-state index in [2.05, 4.69) is 17.2 Å². The molecule has 1 amide bonds. The number of pyridine rings is 1. The number of carbonyl (C=O) groups is 1. The second-order valence-electron chi connectivity index (χ2n) is 4.78. The summed E-state index contributed by atoms with van der Waals surface area (Å²) in [5, 5.41) is 3.20. The van der Waals surface area contributed by atoms with E-state index in [1.54, 1.807) is 12.3 Å². The van der Waals surface area contributed by atoms with Crippen molar-refractivity contribution in [2.75, 3.05) is 31.6 Å². The van der Waals surface area contributed by atoms with Crippen molar-refractivity contribution in [2.24, 2.45) is 0 Å². The highest BCUT2D eigenvalue weighted by Gasteiger charge is 2.24. The van der Waals surface area contributed by atoms with Crippen LogP contribution in [0.15, 0.2) is 18.3 Å². The van der Waals surface area contributed by atoms with Crippen LogP contribution in [-0.4, -0.2) is 48.1 Å². The number of carbonyl (C=O) groups excluding carboxylic acids is 1. The van der Waals surface area contributed by atoms with E-state index in [0.717, 1.165) is 18.8 Å². The molecule has 1 aliphatic heterocycles. The van der Waals surface area contributed by atoms with E-state index < -0.39 is 0 Å². The van der Waals surface area contributed by atoms with Gasteiger partial charge in [-0.1, -0.05) is 6.92 Å². The summed E-state index contributed by atoms with van der Waals surface area (Å²) in [7, 11) is 0. The van der Waals surface area contributed by atoms with Gasteiger partial charge >= 0.3 is 0 Å². The summed E-state index contributed by atoms with van der Waals surface area (Å²) in [6, 6.07) is 3.71. The molecule has 1 aromatic rings. The minimum atomic E-state index is 0.0535. The number of amides is 1. The van der Waals surface area contributed by atoms with Gasteiger partial charge in [0.15, 0.2) is 0 Å². The van der Waals surface area contributed by atoms with Crippen LogP contribution in [-0.2, 0) is 4.74 Å². The average molecular weight is 263 g/mol. The molecule has 1 atom stereocenters. The minimum Gasteiger partial charge on any atom is -0.377 e. The molecule has 5 heteroatoms. The molecule has 0 spiro atoms. The lowest BCUT2D eigenvalue weighted by Crippen LogP contribution is -2.47. The van der Waals surface area contributed by atoms with Crippen LogP contribution in [0.3, 0.4) is 0 Å². The van der Waals surface area contributed by atoms with Crippen molar-refractivity contribution < 1.29 is 9.53 Å². The van der Waals surface area contributed by atoms with Gasteiger partial charge in [0.1, 0.15) is 5.82 Å². The molecule has 0 bridgehead atoms. The van der Waals surface area contributed by atoms with Crippen LogP contribution in [0.5, 0.6) is 0 Å². The van der Waals surface area contributed by atoms with Crippen molar-refractivity contribution in [2.45, 2.75) is 26.3 Å². The molecule has 0 radical (unpaired) electrons. The van der Waals surface area contributed by atoms with Crippen LogP contribution in [0.4, 0.5) is 5.82 Å². The summed E-state index contributed by atoms with van der Waals surface area (Å²) < 4.78 is 5.36. The molecule has 2 heterocycles. The van der Waals surface area contributed by atoms with Crippen molar-refractivity contribution in [1.29, 1.82) is 0 Å². The van der Waals surface area contributed by atoms with E-state index in [-0.39, 0.29) is 11.9 Å². The molecule has 1 fully saturated rings. The monoisotopic (exact) mass is 263 g/mol. The van der Waals surface area contributed by atoms with Crippen LogP contribution in [0.25, 0.3) is 0 Å². The van der Waals surface area contributed by atoms with E-state index in [0.29, 0.717) is 25.3 Å². The van der Waals surface area contributed by atoms with Gasteiger partial charge in [0, 0.05) is 24.8 Å². The summed E-state index contributed by atoms with van der Waals surface area (Å²) in [4.78, 5) is 18.5. The van der Waals surface area contributed by atoms with Crippen LogP contribution >= 0.6 is 0 Å². The van der Waals surface area contributed by atoms with Gasteiger partial charge in [-0.3, -0.25) is 4.79 Å². The first kappa shape index (κ1) is 13.8. The summed E-state index contributed by atoms with van der Waals surface area (Å²) in [6.07, 6.45) is 2.71. The first-order chi connectivity index (χ1) is 9.22. The molecule has 1 N–H and O–H groups in total. The van der Waals surface area contributed by atoms with E-state index in [4.69, 9.17) is 4.74 Å². The second-order valence-corrected chi connectivity index (χ2v) is 4.78. The SMILES string of the molecule is CCCNc1cc(C(=O)N2CCOCC2C)ccn1. The molecular formula is C14H21N3O2. The molecule has 2 rings (SSSR count). The van der Waals surface area contributed by atoms with E-state index in [1.807, 2.05) is 17.9 Å². The quantitative estimate of drug-likeness (QED) is 0.899. The van der Waals surface area contributed by atoms with Crippen molar-refractivity contribution in [3.05, 3.63) is 23.9 Å². The Balaban J connectivity index is 2.09. The third-order valence-electron chi connectivity index (χ3n) is 3.19. The zero-order chi connectivity index (χ0) is 13.7. The molecule has 0 saturated carbocycles. The van der Waals surface area contributed by atoms with Gasteiger partial charge in [0.25, 0.3) is 5.91 Å². The van der Waals surface area contributed by atoms with Gasteiger partial charge < -0.3 is 15.0 Å². The Morgan fingerprint density at radius 1 is 1.63 bits per heavy atom. The van der Waals surface area contributed by atoms with Gasteiger partial charge in [-0.05, 0) is 25.5 Å². The minimum absolute atomic E-state index is 0.0535. The number of ether oxygens (including phenoxy) is 1. The largest absolute Gasteiger partial charge is 0.377 e. The van der Waals surface area contributed by atoms with Crippen LogP contribution in [0, 0.1) is 0 Å². The second kappa shape index (κ2) is 6.52. The Morgan fingerprint density at radius 3 is 3.21 bits per heavy atom. The fourth-order valence-electron chi connectivity index (χ4n) is 2.11. The summed E-state index contributed by atoms with van der Waals surface area (Å²) in [5.41, 5.74) is 0.683. The first-order valence-electron chi connectivity index (χ1n) is 6.81. The summed E-state index contributed by atoms with van der Waals surface area (Å²) in [5.74, 6) is 0.811. The number of rotatable bonds is 4. The smallest absolute Gasteiger partial charge is 0.254 e. The lowest BCUT2D eigenvalue weighted by atomic mass is 10.1. The maximum Gasteiger partial charge on any atom is 0.254 e. The molecule has 1 aliphatic rings. The molecule has 0 aromatic carbocycles. The number of anilines is 1. The average Bonchev–Trinajstić information content (AvgIpc) is 2.45. The predicted molar refractivity (Wildman–Crippen MR) is 74.3 cm³/mol. The van der Waals surface area contributed by atoms with Crippen molar-refractivity contribution in [3.8, 4) is 0 Å². The number of nitrogens with zero attached hydrogens (tertiary/aromatic N) is 2. The Kier molecular flexibility index (Phi) is 4.74. The highest BCUT2D eigenvalue weighted by molar-refractivity contribution is 5.95. The lowest BCUT2D eigenvalue weighted by molar-refractivity contribution is 0.00359. The standard InChI is InChI=1S/C14H21N3O2/c1-3-5-15-13-9-12(4-6-16-13)14(18)17-7-8-19-10-11(17)2/h4,6,9,11H,3,5,7-8,10H2,1-2H3,(H,15,16). The topological polar surface area (TPSA) is 54.5 Å². The number of hydrogen-bond acceptors (Lipinski definition) is 4. The normalized spacial score (nSPS) is 19.3. The number of aromatic nitrogens is 1. The highest BCUT2D eigenvalue weighted by atomic mass is 16.5. The molecule has 19 heavy (non-hydrogen) atoms. The lowest BCUT2D eigenvalue weighted by Gasteiger charge is -2.33. The molecule has 5 nitrogen and oxygen atoms in total. The van der Waals surface area contributed by atoms with Gasteiger partial charge in [0.05, 0.1) is 19.3 Å². The summed E-state index contributed by atoms with van der Waals surface area (Å²) in [6.45, 7) is 6.84. The van der Waals surface area contributed by atoms with E-state index in [1.165, 1.54) is 0 Å². The van der Waals surface area contributed by atoms with Crippen molar-refractivity contribution >= 4 is 11.7 Å². The molecule has 1 saturated heterocycles. The van der Waals surface area contributed by atoms with Gasteiger partial charge in [-0.15, -0.1) is 0 Å². The predicted octanol–water partition coefficient (Wildman–Crippen LogP) is 1.76. The third-order valence-corrected chi connectivity index (χ3v) is 3.19. The molecular weight excluding hydrogens is 242 g/mol. The Hall–Kier alpha value is -1.62. The maximum absolute atomic E-state index is 12.5. The molecule has 1 aromatic heterocycles. The summed E-state index contributed by atoms with van der Waals surface area (Å²) >= 11 is 0. The fraction of sp³-hybridized carbons (Fsp3) is 0.571. The molecule has 104 valence electrons. The molecule has 1 unspecified atom stereocenters. The number of hydrogen-bond donors (Lipinski definition) is 1. The third kappa shape index (κ3) is 3.44. The first-order valence-corrected chi connectivity index (χ1v) is 6.81. The Bertz CT molecular complexity index is 436. The van der Waals surface area contributed by atoms with Gasteiger partial charge in [-0.2, -0.15) is 0 Å². The maximum atomic E-state index is 12.5. The number of morpholine rings is 1. The Morgan fingerprint density at radius 2 is 2.47 bits per heavy atom. The fourth-order valence-corrected chi connectivity index (χ4v) is 2.11. The highest BCUT2D eigenvalue weighted by Crippen LogP contribution is 2.14. The van der Waals surface area contributed by atoms with Gasteiger partial charge in [0.2, 0.25) is 0 Å².